The van der Waals surface area contributed by atoms with Crippen LogP contribution in [-0.2, 0) is 4.74 Å². The molecule has 19 heavy (non-hydrogen) atoms. The van der Waals surface area contributed by atoms with Crippen molar-refractivity contribution in [3.8, 4) is 0 Å². The van der Waals surface area contributed by atoms with Crippen molar-refractivity contribution in [2.75, 3.05) is 19.7 Å². The van der Waals surface area contributed by atoms with E-state index in [0.29, 0.717) is 6.54 Å². The van der Waals surface area contributed by atoms with E-state index in [9.17, 15) is 0 Å². The van der Waals surface area contributed by atoms with E-state index in [1.54, 1.807) is 0 Å². The quantitative estimate of drug-likeness (QED) is 0.873. The van der Waals surface area contributed by atoms with Crippen LogP contribution in [0.15, 0.2) is 18.2 Å². The van der Waals surface area contributed by atoms with Gasteiger partial charge in [0.05, 0.1) is 5.60 Å². The number of nitrogens with two attached hydrogens (primary N) is 1. The SMILES string of the molecule is Cc1ccc(C(CN)NCC2(C)CCCO2)cc1Cl. The number of aryl methyl sites for hydroxylation is 1. The van der Waals surface area contributed by atoms with Gasteiger partial charge in [-0.15, -0.1) is 0 Å². The lowest BCUT2D eigenvalue weighted by molar-refractivity contribution is 0.0189. The van der Waals surface area contributed by atoms with Gasteiger partial charge in [0, 0.05) is 30.8 Å². The van der Waals surface area contributed by atoms with Crippen molar-refractivity contribution in [1.29, 1.82) is 0 Å². The molecule has 106 valence electrons. The van der Waals surface area contributed by atoms with Gasteiger partial charge in [0.2, 0.25) is 0 Å². The Bertz CT molecular complexity index is 430. The van der Waals surface area contributed by atoms with Crippen molar-refractivity contribution in [2.45, 2.75) is 38.3 Å². The van der Waals surface area contributed by atoms with Crippen LogP contribution in [0.4, 0.5) is 0 Å². The Labute approximate surface area is 120 Å². The zero-order chi connectivity index (χ0) is 13.9. The molecule has 0 aliphatic carbocycles. The van der Waals surface area contributed by atoms with Gasteiger partial charge in [-0.3, -0.25) is 0 Å². The highest BCUT2D eigenvalue weighted by molar-refractivity contribution is 6.31. The van der Waals surface area contributed by atoms with Gasteiger partial charge in [0.25, 0.3) is 0 Å². The fourth-order valence-corrected chi connectivity index (χ4v) is 2.67. The topological polar surface area (TPSA) is 47.3 Å². The average molecular weight is 283 g/mol. The average Bonchev–Trinajstić information content (AvgIpc) is 2.81. The largest absolute Gasteiger partial charge is 0.374 e. The molecule has 2 unspecified atom stereocenters. The first-order valence-electron chi connectivity index (χ1n) is 6.87. The summed E-state index contributed by atoms with van der Waals surface area (Å²) in [5.41, 5.74) is 8.05. The van der Waals surface area contributed by atoms with Crippen molar-refractivity contribution in [1.82, 2.24) is 5.32 Å². The molecule has 1 aliphatic heterocycles. The van der Waals surface area contributed by atoms with Crippen molar-refractivity contribution in [3.63, 3.8) is 0 Å². The van der Waals surface area contributed by atoms with E-state index in [1.807, 2.05) is 19.1 Å². The first-order chi connectivity index (χ1) is 9.04. The molecule has 2 atom stereocenters. The highest BCUT2D eigenvalue weighted by atomic mass is 35.5. The van der Waals surface area contributed by atoms with E-state index in [4.69, 9.17) is 22.1 Å². The number of nitrogens with one attached hydrogen (secondary N) is 1. The summed E-state index contributed by atoms with van der Waals surface area (Å²) in [6.07, 6.45) is 2.24. The van der Waals surface area contributed by atoms with Gasteiger partial charge in [-0.1, -0.05) is 23.7 Å². The zero-order valence-electron chi connectivity index (χ0n) is 11.7. The predicted octanol–water partition coefficient (Wildman–Crippen LogP) is 2.81. The molecule has 0 amide bonds. The third kappa shape index (κ3) is 3.69. The van der Waals surface area contributed by atoms with Crippen molar-refractivity contribution >= 4 is 11.6 Å². The third-order valence-corrected chi connectivity index (χ3v) is 4.26. The van der Waals surface area contributed by atoms with Gasteiger partial charge in [-0.05, 0) is 43.9 Å². The summed E-state index contributed by atoms with van der Waals surface area (Å²) in [7, 11) is 0. The zero-order valence-corrected chi connectivity index (χ0v) is 12.5. The maximum Gasteiger partial charge on any atom is 0.0779 e. The maximum absolute atomic E-state index is 6.18. The number of benzene rings is 1. The Morgan fingerprint density at radius 3 is 2.89 bits per heavy atom. The molecule has 2 rings (SSSR count). The van der Waals surface area contributed by atoms with Gasteiger partial charge < -0.3 is 15.8 Å². The lowest BCUT2D eigenvalue weighted by atomic mass is 10.0. The fourth-order valence-electron chi connectivity index (χ4n) is 2.48. The molecule has 1 heterocycles. The molecule has 1 saturated heterocycles. The summed E-state index contributed by atoms with van der Waals surface area (Å²) in [4.78, 5) is 0. The number of halogens is 1. The maximum atomic E-state index is 6.18. The van der Waals surface area contributed by atoms with Crippen LogP contribution in [0, 0.1) is 6.92 Å². The summed E-state index contributed by atoms with van der Waals surface area (Å²) in [6.45, 7) is 6.39. The third-order valence-electron chi connectivity index (χ3n) is 3.86. The highest BCUT2D eigenvalue weighted by Gasteiger charge is 2.30. The van der Waals surface area contributed by atoms with Crippen molar-refractivity contribution in [2.24, 2.45) is 5.73 Å². The minimum atomic E-state index is -0.0537. The van der Waals surface area contributed by atoms with Crippen LogP contribution >= 0.6 is 11.6 Å². The Balaban J connectivity index is 2.01. The minimum absolute atomic E-state index is 0.0537. The molecule has 1 aromatic carbocycles. The molecule has 0 spiro atoms. The summed E-state index contributed by atoms with van der Waals surface area (Å²) < 4.78 is 5.78. The second kappa shape index (κ2) is 6.23. The first kappa shape index (κ1) is 14.8. The molecule has 0 aromatic heterocycles. The van der Waals surface area contributed by atoms with E-state index in [-0.39, 0.29) is 11.6 Å². The molecule has 3 N–H and O–H groups in total. The molecule has 3 nitrogen and oxygen atoms in total. The normalized spacial score (nSPS) is 24.6. The monoisotopic (exact) mass is 282 g/mol. The van der Waals surface area contributed by atoms with Crippen molar-refractivity contribution < 1.29 is 4.74 Å². The number of hydrogen-bond donors (Lipinski definition) is 2. The Morgan fingerprint density at radius 2 is 2.32 bits per heavy atom. The lowest BCUT2D eigenvalue weighted by Gasteiger charge is -2.27. The van der Waals surface area contributed by atoms with Gasteiger partial charge in [-0.2, -0.15) is 0 Å². The van der Waals surface area contributed by atoms with Crippen LogP contribution in [0.3, 0.4) is 0 Å². The summed E-state index contributed by atoms with van der Waals surface area (Å²) in [5.74, 6) is 0. The predicted molar refractivity (Wildman–Crippen MR) is 79.6 cm³/mol. The molecule has 1 aliphatic rings. The van der Waals surface area contributed by atoms with E-state index >= 15 is 0 Å². The molecular formula is C15H23ClN2O. The van der Waals surface area contributed by atoms with Gasteiger partial charge in [0.1, 0.15) is 0 Å². The molecule has 1 aromatic rings. The van der Waals surface area contributed by atoms with Crippen molar-refractivity contribution in [3.05, 3.63) is 34.3 Å². The Hall–Kier alpha value is -0.610. The molecule has 4 heteroatoms. The Kier molecular flexibility index (Phi) is 4.85. The molecule has 1 fully saturated rings. The second-order valence-corrected chi connectivity index (χ2v) is 5.99. The minimum Gasteiger partial charge on any atom is -0.374 e. The van der Waals surface area contributed by atoms with E-state index in [1.165, 1.54) is 0 Å². The van der Waals surface area contributed by atoms with E-state index in [0.717, 1.165) is 42.1 Å². The molecule has 0 saturated carbocycles. The summed E-state index contributed by atoms with van der Waals surface area (Å²) in [5, 5.41) is 4.30. The van der Waals surface area contributed by atoms with Crippen LogP contribution < -0.4 is 11.1 Å². The van der Waals surface area contributed by atoms with Crippen LogP contribution in [0.5, 0.6) is 0 Å². The van der Waals surface area contributed by atoms with Crippen LogP contribution in [0.2, 0.25) is 5.02 Å². The summed E-state index contributed by atoms with van der Waals surface area (Å²) >= 11 is 6.18. The Morgan fingerprint density at radius 1 is 1.53 bits per heavy atom. The molecule has 0 bridgehead atoms. The van der Waals surface area contributed by atoms with E-state index < -0.39 is 0 Å². The van der Waals surface area contributed by atoms with Gasteiger partial charge in [0.15, 0.2) is 0 Å². The lowest BCUT2D eigenvalue weighted by Crippen LogP contribution is -2.41. The number of rotatable bonds is 5. The molecule has 0 radical (unpaired) electrons. The van der Waals surface area contributed by atoms with Gasteiger partial charge >= 0.3 is 0 Å². The van der Waals surface area contributed by atoms with Gasteiger partial charge in [-0.25, -0.2) is 0 Å². The highest BCUT2D eigenvalue weighted by Crippen LogP contribution is 2.26. The fraction of sp³-hybridized carbons (Fsp3) is 0.600. The second-order valence-electron chi connectivity index (χ2n) is 5.58. The first-order valence-corrected chi connectivity index (χ1v) is 7.25. The molecular weight excluding hydrogens is 260 g/mol. The summed E-state index contributed by atoms with van der Waals surface area (Å²) in [6, 6.07) is 6.25. The smallest absolute Gasteiger partial charge is 0.0779 e. The van der Waals surface area contributed by atoms with Crippen LogP contribution in [-0.4, -0.2) is 25.3 Å². The van der Waals surface area contributed by atoms with Crippen LogP contribution in [0.1, 0.15) is 36.9 Å². The standard InChI is InChI=1S/C15H23ClN2O/c1-11-4-5-12(8-13(11)16)14(9-17)18-10-15(2)6-3-7-19-15/h4-5,8,14,18H,3,6-7,9-10,17H2,1-2H3. The number of ether oxygens (including phenoxy) is 1. The van der Waals surface area contributed by atoms with Crippen LogP contribution in [0.25, 0.3) is 0 Å². The number of hydrogen-bond acceptors (Lipinski definition) is 3. The van der Waals surface area contributed by atoms with E-state index in [2.05, 4.69) is 18.3 Å².